The Morgan fingerprint density at radius 1 is 1.35 bits per heavy atom. The summed E-state index contributed by atoms with van der Waals surface area (Å²) in [7, 11) is 2.15. The Morgan fingerprint density at radius 2 is 2.06 bits per heavy atom. The summed E-state index contributed by atoms with van der Waals surface area (Å²) in [4.78, 5) is 2.32. The number of likely N-dealkylation sites (N-methyl/N-ethyl adjacent to an activating group) is 1. The van der Waals surface area contributed by atoms with Crippen LogP contribution in [0.3, 0.4) is 0 Å². The number of nitrogens with two attached hydrogens (primary N) is 1. The van der Waals surface area contributed by atoms with Crippen molar-refractivity contribution < 1.29 is 4.74 Å². The summed E-state index contributed by atoms with van der Waals surface area (Å²) in [6, 6.07) is 9.18. The number of benzene rings is 1. The van der Waals surface area contributed by atoms with E-state index in [0.717, 1.165) is 19.4 Å². The molecule has 0 amide bonds. The zero-order valence-corrected chi connectivity index (χ0v) is 10.7. The highest BCUT2D eigenvalue weighted by molar-refractivity contribution is 5.48. The Kier molecular flexibility index (Phi) is 4.02. The molecule has 0 radical (unpaired) electrons. The standard InChI is InChI=1S/C14H22N2O/c1-11-14(8-10-17-11)16(2)13-5-3-12(4-6-13)7-9-15/h3-6,11,14H,7-10,15H2,1-2H3. The minimum absolute atomic E-state index is 0.323. The SMILES string of the molecule is CC1OCCC1N(C)c1ccc(CCN)cc1. The summed E-state index contributed by atoms with van der Waals surface area (Å²) in [5.74, 6) is 0. The second-order valence-corrected chi connectivity index (χ2v) is 4.75. The maximum atomic E-state index is 5.61. The molecule has 1 heterocycles. The Balaban J connectivity index is 2.05. The van der Waals surface area contributed by atoms with Crippen LogP contribution in [0.15, 0.2) is 24.3 Å². The van der Waals surface area contributed by atoms with Crippen molar-refractivity contribution in [1.29, 1.82) is 0 Å². The first kappa shape index (κ1) is 12.4. The molecular formula is C14H22N2O. The molecule has 2 unspecified atom stereocenters. The molecule has 17 heavy (non-hydrogen) atoms. The molecule has 0 spiro atoms. The first-order valence-corrected chi connectivity index (χ1v) is 6.36. The molecule has 1 aliphatic rings. The fraction of sp³-hybridized carbons (Fsp3) is 0.571. The van der Waals surface area contributed by atoms with Crippen molar-refractivity contribution in [2.45, 2.75) is 31.9 Å². The third-order valence-corrected chi connectivity index (χ3v) is 3.61. The highest BCUT2D eigenvalue weighted by atomic mass is 16.5. The molecule has 1 saturated heterocycles. The molecule has 1 fully saturated rings. The predicted octanol–water partition coefficient (Wildman–Crippen LogP) is 1.80. The molecule has 0 aromatic heterocycles. The van der Waals surface area contributed by atoms with Crippen LogP contribution in [0.1, 0.15) is 18.9 Å². The van der Waals surface area contributed by atoms with Crippen LogP contribution in [0, 0.1) is 0 Å². The van der Waals surface area contributed by atoms with Gasteiger partial charge in [-0.25, -0.2) is 0 Å². The van der Waals surface area contributed by atoms with Crippen molar-refractivity contribution in [1.82, 2.24) is 0 Å². The lowest BCUT2D eigenvalue weighted by molar-refractivity contribution is 0.118. The third kappa shape index (κ3) is 2.79. The van der Waals surface area contributed by atoms with Gasteiger partial charge >= 0.3 is 0 Å². The van der Waals surface area contributed by atoms with Crippen LogP contribution in [0.2, 0.25) is 0 Å². The lowest BCUT2D eigenvalue weighted by Crippen LogP contribution is -2.36. The maximum absolute atomic E-state index is 5.61. The van der Waals surface area contributed by atoms with Crippen molar-refractivity contribution >= 4 is 5.69 Å². The van der Waals surface area contributed by atoms with E-state index in [4.69, 9.17) is 10.5 Å². The van der Waals surface area contributed by atoms with Gasteiger partial charge in [0.25, 0.3) is 0 Å². The van der Waals surface area contributed by atoms with E-state index in [-0.39, 0.29) is 0 Å². The monoisotopic (exact) mass is 234 g/mol. The Hall–Kier alpha value is -1.06. The van der Waals surface area contributed by atoms with E-state index in [1.54, 1.807) is 0 Å². The molecule has 1 aliphatic heterocycles. The van der Waals surface area contributed by atoms with E-state index in [2.05, 4.69) is 43.1 Å². The summed E-state index contributed by atoms with van der Waals surface area (Å²) >= 11 is 0. The zero-order chi connectivity index (χ0) is 12.3. The first-order chi connectivity index (χ1) is 8.22. The largest absolute Gasteiger partial charge is 0.376 e. The van der Waals surface area contributed by atoms with Crippen LogP contribution in [-0.2, 0) is 11.2 Å². The summed E-state index contributed by atoms with van der Waals surface area (Å²) in [5.41, 5.74) is 8.11. The van der Waals surface area contributed by atoms with E-state index < -0.39 is 0 Å². The smallest absolute Gasteiger partial charge is 0.0750 e. The topological polar surface area (TPSA) is 38.5 Å². The number of ether oxygens (including phenoxy) is 1. The third-order valence-electron chi connectivity index (χ3n) is 3.61. The average Bonchev–Trinajstić information content (AvgIpc) is 2.76. The predicted molar refractivity (Wildman–Crippen MR) is 71.4 cm³/mol. The van der Waals surface area contributed by atoms with Crippen LogP contribution in [0.4, 0.5) is 5.69 Å². The van der Waals surface area contributed by atoms with E-state index in [1.165, 1.54) is 11.3 Å². The van der Waals surface area contributed by atoms with E-state index in [9.17, 15) is 0 Å². The van der Waals surface area contributed by atoms with Gasteiger partial charge < -0.3 is 15.4 Å². The van der Waals surface area contributed by atoms with Crippen LogP contribution in [0.5, 0.6) is 0 Å². The number of nitrogens with zero attached hydrogens (tertiary/aromatic N) is 1. The highest BCUT2D eigenvalue weighted by Gasteiger charge is 2.27. The van der Waals surface area contributed by atoms with Gasteiger partial charge in [-0.15, -0.1) is 0 Å². The van der Waals surface area contributed by atoms with Gasteiger partial charge in [0, 0.05) is 19.3 Å². The quantitative estimate of drug-likeness (QED) is 0.863. The van der Waals surface area contributed by atoms with Gasteiger partial charge in [-0.2, -0.15) is 0 Å². The van der Waals surface area contributed by atoms with Gasteiger partial charge in [0.05, 0.1) is 12.1 Å². The average molecular weight is 234 g/mol. The number of hydrogen-bond acceptors (Lipinski definition) is 3. The Bertz CT molecular complexity index is 350. The minimum atomic E-state index is 0.323. The summed E-state index contributed by atoms with van der Waals surface area (Å²) < 4.78 is 5.61. The molecule has 3 heteroatoms. The second-order valence-electron chi connectivity index (χ2n) is 4.75. The Morgan fingerprint density at radius 3 is 2.59 bits per heavy atom. The molecule has 2 atom stereocenters. The summed E-state index contributed by atoms with van der Waals surface area (Å²) in [6.45, 7) is 3.74. The molecule has 2 N–H and O–H groups in total. The molecule has 0 bridgehead atoms. The first-order valence-electron chi connectivity index (χ1n) is 6.36. The second kappa shape index (κ2) is 5.52. The molecule has 1 aromatic carbocycles. The molecule has 0 saturated carbocycles. The molecular weight excluding hydrogens is 212 g/mol. The van der Waals surface area contributed by atoms with E-state index in [0.29, 0.717) is 18.7 Å². The minimum Gasteiger partial charge on any atom is -0.376 e. The fourth-order valence-corrected chi connectivity index (χ4v) is 2.48. The Labute approximate surface area is 104 Å². The van der Waals surface area contributed by atoms with Crippen molar-refractivity contribution in [2.24, 2.45) is 5.73 Å². The van der Waals surface area contributed by atoms with E-state index in [1.807, 2.05) is 0 Å². The number of anilines is 1. The lowest BCUT2D eigenvalue weighted by Gasteiger charge is -2.28. The van der Waals surface area contributed by atoms with Crippen molar-refractivity contribution in [3.05, 3.63) is 29.8 Å². The number of hydrogen-bond donors (Lipinski definition) is 1. The number of rotatable bonds is 4. The van der Waals surface area contributed by atoms with E-state index >= 15 is 0 Å². The zero-order valence-electron chi connectivity index (χ0n) is 10.7. The van der Waals surface area contributed by atoms with Gasteiger partial charge in [0.2, 0.25) is 0 Å². The van der Waals surface area contributed by atoms with Crippen molar-refractivity contribution in [3.8, 4) is 0 Å². The normalized spacial score (nSPS) is 23.9. The van der Waals surface area contributed by atoms with Crippen LogP contribution < -0.4 is 10.6 Å². The molecule has 3 nitrogen and oxygen atoms in total. The summed E-state index contributed by atoms with van der Waals surface area (Å²) in [6.07, 6.45) is 2.39. The lowest BCUT2D eigenvalue weighted by atomic mass is 10.1. The molecule has 1 aromatic rings. The van der Waals surface area contributed by atoms with Crippen LogP contribution in [0.25, 0.3) is 0 Å². The van der Waals surface area contributed by atoms with Crippen LogP contribution >= 0.6 is 0 Å². The van der Waals surface area contributed by atoms with Gasteiger partial charge in [-0.05, 0) is 44.0 Å². The van der Waals surface area contributed by atoms with Crippen molar-refractivity contribution in [2.75, 3.05) is 25.1 Å². The van der Waals surface area contributed by atoms with Gasteiger partial charge in [0.1, 0.15) is 0 Å². The van der Waals surface area contributed by atoms with Gasteiger partial charge in [-0.3, -0.25) is 0 Å². The maximum Gasteiger partial charge on any atom is 0.0750 e. The van der Waals surface area contributed by atoms with Crippen LogP contribution in [-0.4, -0.2) is 32.3 Å². The molecule has 94 valence electrons. The molecule has 2 rings (SSSR count). The fourth-order valence-electron chi connectivity index (χ4n) is 2.48. The highest BCUT2D eigenvalue weighted by Crippen LogP contribution is 2.24. The van der Waals surface area contributed by atoms with Gasteiger partial charge in [0.15, 0.2) is 0 Å². The van der Waals surface area contributed by atoms with Crippen molar-refractivity contribution in [3.63, 3.8) is 0 Å². The van der Waals surface area contributed by atoms with Gasteiger partial charge in [-0.1, -0.05) is 12.1 Å². The summed E-state index contributed by atoms with van der Waals surface area (Å²) in [5, 5.41) is 0. The molecule has 0 aliphatic carbocycles.